The van der Waals surface area contributed by atoms with Gasteiger partial charge in [0.1, 0.15) is 5.52 Å². The van der Waals surface area contributed by atoms with Crippen LogP contribution in [0, 0.1) is 10.1 Å². The maximum absolute atomic E-state index is 11.1. The minimum Gasteiger partial charge on any atom is -0.394 e. The summed E-state index contributed by atoms with van der Waals surface area (Å²) in [6.07, 6.45) is 3.52. The molecule has 1 unspecified atom stereocenters. The number of fused-ring (bicyclic) bond motifs is 1. The summed E-state index contributed by atoms with van der Waals surface area (Å²) in [4.78, 5) is 16.9. The first-order valence-corrected chi connectivity index (χ1v) is 6.62. The van der Waals surface area contributed by atoms with E-state index in [1.807, 2.05) is 6.07 Å². The van der Waals surface area contributed by atoms with Crippen molar-refractivity contribution >= 4 is 22.3 Å². The van der Waals surface area contributed by atoms with E-state index >= 15 is 0 Å². The lowest BCUT2D eigenvalue weighted by Crippen LogP contribution is -2.32. The molecule has 1 aliphatic rings. The van der Waals surface area contributed by atoms with Gasteiger partial charge in [-0.25, -0.2) is 4.98 Å². The van der Waals surface area contributed by atoms with Crippen LogP contribution in [-0.2, 0) is 0 Å². The van der Waals surface area contributed by atoms with E-state index in [1.54, 1.807) is 18.3 Å². The van der Waals surface area contributed by atoms with Crippen LogP contribution in [0.2, 0.25) is 0 Å². The molecule has 1 atom stereocenters. The van der Waals surface area contributed by atoms with Gasteiger partial charge in [-0.1, -0.05) is 0 Å². The van der Waals surface area contributed by atoms with E-state index in [0.29, 0.717) is 5.52 Å². The summed E-state index contributed by atoms with van der Waals surface area (Å²) >= 11 is 0. The molecular weight excluding hydrogens is 258 g/mol. The highest BCUT2D eigenvalue weighted by atomic mass is 16.6. The van der Waals surface area contributed by atoms with Crippen molar-refractivity contribution in [3.8, 4) is 0 Å². The number of aliphatic hydroxyl groups is 1. The molecule has 3 rings (SSSR count). The quantitative estimate of drug-likeness (QED) is 0.684. The normalized spacial score (nSPS) is 18.6. The fourth-order valence-corrected chi connectivity index (χ4v) is 2.88. The number of aromatic nitrogens is 1. The molecule has 0 spiro atoms. The Hall–Kier alpha value is -2.21. The zero-order valence-electron chi connectivity index (χ0n) is 10.9. The predicted octanol–water partition coefficient (Wildman–Crippen LogP) is 2.10. The van der Waals surface area contributed by atoms with Gasteiger partial charge in [0, 0.05) is 29.9 Å². The van der Waals surface area contributed by atoms with Gasteiger partial charge in [-0.3, -0.25) is 10.1 Å². The standard InChI is InChI=1S/C14H15N3O3/c18-9-10-3-2-8-16(10)12-5-6-13(17(19)20)14-11(12)4-1-7-15-14/h1,4-7,10,18H,2-3,8-9H2. The molecule has 1 aromatic heterocycles. The van der Waals surface area contributed by atoms with E-state index < -0.39 is 4.92 Å². The molecule has 0 amide bonds. The topological polar surface area (TPSA) is 79.5 Å². The van der Waals surface area contributed by atoms with Crippen molar-refractivity contribution in [2.75, 3.05) is 18.1 Å². The minimum absolute atomic E-state index is 0.0177. The zero-order valence-corrected chi connectivity index (χ0v) is 10.9. The molecule has 0 radical (unpaired) electrons. The summed E-state index contributed by atoms with van der Waals surface area (Å²) in [6, 6.07) is 6.96. The van der Waals surface area contributed by atoms with Gasteiger partial charge in [0.15, 0.2) is 0 Å². The van der Waals surface area contributed by atoms with Crippen molar-refractivity contribution < 1.29 is 10.0 Å². The van der Waals surface area contributed by atoms with Crippen molar-refractivity contribution in [3.63, 3.8) is 0 Å². The molecule has 1 aromatic carbocycles. The minimum atomic E-state index is -0.410. The lowest BCUT2D eigenvalue weighted by Gasteiger charge is -2.26. The van der Waals surface area contributed by atoms with Crippen LogP contribution in [0.4, 0.5) is 11.4 Å². The number of hydrogen-bond donors (Lipinski definition) is 1. The summed E-state index contributed by atoms with van der Waals surface area (Å²) < 4.78 is 0. The number of aliphatic hydroxyl groups excluding tert-OH is 1. The molecule has 1 saturated heterocycles. The Kier molecular flexibility index (Phi) is 3.23. The number of hydrogen-bond acceptors (Lipinski definition) is 5. The monoisotopic (exact) mass is 273 g/mol. The third kappa shape index (κ3) is 1.98. The summed E-state index contributed by atoms with van der Waals surface area (Å²) in [7, 11) is 0. The van der Waals surface area contributed by atoms with Crippen molar-refractivity contribution in [3.05, 3.63) is 40.6 Å². The van der Waals surface area contributed by atoms with Crippen LogP contribution < -0.4 is 4.90 Å². The van der Waals surface area contributed by atoms with Crippen molar-refractivity contribution in [2.24, 2.45) is 0 Å². The molecule has 6 heteroatoms. The number of nitro benzene ring substituents is 1. The van der Waals surface area contributed by atoms with Gasteiger partial charge in [-0.2, -0.15) is 0 Å². The number of nitrogens with zero attached hydrogens (tertiary/aromatic N) is 3. The second kappa shape index (κ2) is 5.05. The molecule has 1 N–H and O–H groups in total. The number of non-ortho nitro benzene ring substituents is 1. The predicted molar refractivity (Wildman–Crippen MR) is 75.9 cm³/mol. The highest BCUT2D eigenvalue weighted by molar-refractivity contribution is 5.97. The van der Waals surface area contributed by atoms with E-state index in [2.05, 4.69) is 9.88 Å². The summed E-state index contributed by atoms with van der Waals surface area (Å²) in [6.45, 7) is 0.950. The van der Waals surface area contributed by atoms with Crippen LogP contribution in [0.5, 0.6) is 0 Å². The molecule has 0 aliphatic carbocycles. The molecule has 1 aliphatic heterocycles. The van der Waals surface area contributed by atoms with Crippen LogP contribution >= 0.6 is 0 Å². The average Bonchev–Trinajstić information content (AvgIpc) is 2.94. The smallest absolute Gasteiger partial charge is 0.295 e. The van der Waals surface area contributed by atoms with Crippen molar-refractivity contribution in [1.29, 1.82) is 0 Å². The number of anilines is 1. The van der Waals surface area contributed by atoms with Gasteiger partial charge in [-0.05, 0) is 31.0 Å². The molecular formula is C14H15N3O3. The molecule has 2 heterocycles. The first-order valence-electron chi connectivity index (χ1n) is 6.62. The summed E-state index contributed by atoms with van der Waals surface area (Å²) in [5.41, 5.74) is 1.33. The second-order valence-corrected chi connectivity index (χ2v) is 4.93. The number of pyridine rings is 1. The first-order chi connectivity index (χ1) is 9.72. The average molecular weight is 273 g/mol. The zero-order chi connectivity index (χ0) is 14.1. The Morgan fingerprint density at radius 1 is 1.45 bits per heavy atom. The van der Waals surface area contributed by atoms with E-state index in [-0.39, 0.29) is 18.3 Å². The van der Waals surface area contributed by atoms with Gasteiger partial charge in [0.2, 0.25) is 0 Å². The molecule has 0 saturated carbocycles. The lowest BCUT2D eigenvalue weighted by atomic mass is 10.1. The lowest BCUT2D eigenvalue weighted by molar-refractivity contribution is -0.383. The van der Waals surface area contributed by atoms with E-state index in [4.69, 9.17) is 0 Å². The van der Waals surface area contributed by atoms with E-state index in [0.717, 1.165) is 30.5 Å². The molecule has 6 nitrogen and oxygen atoms in total. The van der Waals surface area contributed by atoms with Crippen molar-refractivity contribution in [1.82, 2.24) is 4.98 Å². The molecule has 20 heavy (non-hydrogen) atoms. The number of nitro groups is 1. The Morgan fingerprint density at radius 2 is 2.30 bits per heavy atom. The first kappa shape index (κ1) is 12.8. The van der Waals surface area contributed by atoms with Crippen LogP contribution in [0.1, 0.15) is 12.8 Å². The molecule has 0 bridgehead atoms. The van der Waals surface area contributed by atoms with Gasteiger partial charge < -0.3 is 10.0 Å². The fourth-order valence-electron chi connectivity index (χ4n) is 2.88. The van der Waals surface area contributed by atoms with Crippen LogP contribution in [0.15, 0.2) is 30.5 Å². The fraction of sp³-hybridized carbons (Fsp3) is 0.357. The van der Waals surface area contributed by atoms with Crippen LogP contribution in [-0.4, -0.2) is 34.2 Å². The molecule has 1 fully saturated rings. The number of benzene rings is 1. The maximum Gasteiger partial charge on any atom is 0.295 e. The van der Waals surface area contributed by atoms with Gasteiger partial charge in [0.05, 0.1) is 17.6 Å². The Bertz CT molecular complexity index is 659. The third-order valence-corrected chi connectivity index (χ3v) is 3.82. The largest absolute Gasteiger partial charge is 0.394 e. The summed E-state index contributed by atoms with van der Waals surface area (Å²) in [5, 5.41) is 21.3. The Balaban J connectivity index is 2.18. The van der Waals surface area contributed by atoms with Gasteiger partial charge >= 0.3 is 0 Å². The highest BCUT2D eigenvalue weighted by Crippen LogP contribution is 2.35. The van der Waals surface area contributed by atoms with Crippen molar-refractivity contribution in [2.45, 2.75) is 18.9 Å². The summed E-state index contributed by atoms with van der Waals surface area (Å²) in [5.74, 6) is 0. The number of rotatable bonds is 3. The van der Waals surface area contributed by atoms with Gasteiger partial charge in [0.25, 0.3) is 5.69 Å². The SMILES string of the molecule is O=[N+]([O-])c1ccc(N2CCCC2CO)c2cccnc12. The van der Waals surface area contributed by atoms with Crippen LogP contribution in [0.25, 0.3) is 10.9 Å². The second-order valence-electron chi connectivity index (χ2n) is 4.93. The van der Waals surface area contributed by atoms with Crippen LogP contribution in [0.3, 0.4) is 0 Å². The van der Waals surface area contributed by atoms with E-state index in [9.17, 15) is 15.2 Å². The molecule has 104 valence electrons. The maximum atomic E-state index is 11.1. The Morgan fingerprint density at radius 3 is 3.05 bits per heavy atom. The molecule has 2 aromatic rings. The third-order valence-electron chi connectivity index (χ3n) is 3.82. The van der Waals surface area contributed by atoms with Gasteiger partial charge in [-0.15, -0.1) is 0 Å². The van der Waals surface area contributed by atoms with E-state index in [1.165, 1.54) is 6.07 Å². The highest BCUT2D eigenvalue weighted by Gasteiger charge is 2.27. The Labute approximate surface area is 115 Å².